The highest BCUT2D eigenvalue weighted by Crippen LogP contribution is 2.34. The fourth-order valence-electron chi connectivity index (χ4n) is 17.0. The highest BCUT2D eigenvalue weighted by Gasteiger charge is 2.38. The van der Waals surface area contributed by atoms with Gasteiger partial charge < -0.3 is 163 Å². The smallest absolute Gasteiger partial charge is 0.333 e. The van der Waals surface area contributed by atoms with Crippen LogP contribution in [0.1, 0.15) is 108 Å². The zero-order valence-electron chi connectivity index (χ0n) is 82.8. The van der Waals surface area contributed by atoms with Gasteiger partial charge in [0.2, 0.25) is 29.5 Å². The molecule has 8 saturated heterocycles. The van der Waals surface area contributed by atoms with Gasteiger partial charge >= 0.3 is 5.97 Å². The van der Waals surface area contributed by atoms with Gasteiger partial charge in [-0.25, -0.2) is 4.79 Å². The lowest BCUT2D eigenvalue weighted by Crippen LogP contribution is -2.52. The largest absolute Gasteiger partial charge is 0.492 e. The molecule has 149 heavy (non-hydrogen) atoms. The first-order valence-corrected chi connectivity index (χ1v) is 50.6. The summed E-state index contributed by atoms with van der Waals surface area (Å²) in [4.78, 5) is 66.7. The van der Waals surface area contributed by atoms with Gasteiger partial charge in [0.1, 0.15) is 86.3 Å². The molecule has 8 fully saturated rings. The number of amides is 3. The lowest BCUT2D eigenvalue weighted by molar-refractivity contribution is -0.245. The number of carbonyl (C=O) groups excluding carboxylic acids is 4. The fourth-order valence-corrected chi connectivity index (χ4v) is 17.0. The van der Waals surface area contributed by atoms with Crippen LogP contribution in [0.2, 0.25) is 0 Å². The van der Waals surface area contributed by atoms with Crippen LogP contribution in [-0.2, 0) is 152 Å². The van der Waals surface area contributed by atoms with Crippen LogP contribution < -0.4 is 15.5 Å². The highest BCUT2D eigenvalue weighted by molar-refractivity contribution is 5.90. The van der Waals surface area contributed by atoms with E-state index in [1.165, 1.54) is 0 Å². The van der Waals surface area contributed by atoms with Crippen LogP contribution in [-0.4, -0.2) is 327 Å². The summed E-state index contributed by atoms with van der Waals surface area (Å²) in [5.41, 5.74) is 6.66. The van der Waals surface area contributed by atoms with E-state index in [1.54, 1.807) is 0 Å². The molecule has 0 saturated carbocycles. The second-order valence-corrected chi connectivity index (χ2v) is 36.8. The van der Waals surface area contributed by atoms with Crippen LogP contribution in [0.3, 0.4) is 0 Å². The average Bonchev–Trinajstić information content (AvgIpc) is 1.56. The Hall–Kier alpha value is -10.6. The number of carbonyl (C=O) groups is 4. The molecular weight excluding hydrogens is 1940 g/mol. The minimum atomic E-state index is -1.14. The molecule has 0 unspecified atom stereocenters. The molecule has 802 valence electrons. The monoisotopic (exact) mass is 2070 g/mol. The Morgan fingerprint density at radius 3 is 0.604 bits per heavy atom. The molecule has 8 aromatic carbocycles. The molecule has 17 rings (SSSR count). The summed E-state index contributed by atoms with van der Waals surface area (Å²) in [5, 5.41) is 27.2. The Morgan fingerprint density at radius 1 is 0.255 bits per heavy atom. The van der Waals surface area contributed by atoms with E-state index in [0.29, 0.717) is 4.73 Å². The maximum atomic E-state index is 15.7. The molecule has 39 nitrogen and oxygen atoms in total. The minimum Gasteiger partial charge on any atom is -0.492 e. The van der Waals surface area contributed by atoms with E-state index in [9.17, 15) is 15.0 Å². The third-order valence-corrected chi connectivity index (χ3v) is 25.1. The van der Waals surface area contributed by atoms with Crippen molar-refractivity contribution >= 4 is 23.7 Å². The van der Waals surface area contributed by atoms with Gasteiger partial charge in [0.05, 0.1) is 203 Å². The van der Waals surface area contributed by atoms with Crippen LogP contribution >= 0.6 is 0 Å². The molecule has 0 radical (unpaired) electrons. The Kier molecular flexibility index (Phi) is 43.3. The van der Waals surface area contributed by atoms with E-state index < -0.39 is 197 Å². The van der Waals surface area contributed by atoms with Crippen molar-refractivity contribution in [1.29, 1.82) is 0 Å². The van der Waals surface area contributed by atoms with Gasteiger partial charge in [-0.15, -0.1) is 4.73 Å². The van der Waals surface area contributed by atoms with E-state index in [0.717, 1.165) is 61.5 Å². The summed E-state index contributed by atoms with van der Waals surface area (Å²) < 4.78 is 179. The first-order valence-electron chi connectivity index (χ1n) is 50.6. The first kappa shape index (κ1) is 110. The normalized spacial score (nSPS) is 25.6. The first-order chi connectivity index (χ1) is 73.2. The summed E-state index contributed by atoms with van der Waals surface area (Å²) >= 11 is 0. The van der Waals surface area contributed by atoms with Crippen molar-refractivity contribution in [1.82, 2.24) is 20.3 Å². The molecule has 8 aliphatic heterocycles. The van der Waals surface area contributed by atoms with E-state index in [-0.39, 0.29) is 185 Å². The molecule has 1 aromatic heterocycles. The topological polar surface area (TPSA) is 409 Å². The second kappa shape index (κ2) is 58.9. The quantitative estimate of drug-likeness (QED) is 0.0275. The van der Waals surface area contributed by atoms with Gasteiger partial charge in [0.25, 0.3) is 0 Å². The zero-order valence-corrected chi connectivity index (χ0v) is 82.8. The van der Waals surface area contributed by atoms with Gasteiger partial charge in [-0.1, -0.05) is 243 Å². The Balaban J connectivity index is 0.641. The molecule has 0 aliphatic carbocycles. The maximum Gasteiger partial charge on any atom is 0.333 e. The SMILES string of the molecule is O=C(CN(CC(=O)NC(COC(COC1COC(c2ccccc2)OC1)COC1COC(c2ccccc2)OC1)COC(COC1COC(c2ccccc2)OC1)COC1COC(c2ccccc2)OC1)C(=O)CCC(=O)On1c(O)ccc1O)NC(COC(COC1COC(c2ccccc2)OC1)COC1COC(c2ccccc2)OC1)COC(COC1COC(c2ccccc2)OC1)COC1COC(c2ccccc2)OC1. The molecule has 39 heteroatoms. The summed E-state index contributed by atoms with van der Waals surface area (Å²) in [6, 6.07) is 76.1. The Labute approximate surface area is 864 Å². The van der Waals surface area contributed by atoms with Gasteiger partial charge in [0, 0.05) is 63.1 Å². The summed E-state index contributed by atoms with van der Waals surface area (Å²) in [5.74, 6) is -4.95. The van der Waals surface area contributed by atoms with Crippen LogP contribution in [0.4, 0.5) is 0 Å². The third kappa shape index (κ3) is 35.2. The van der Waals surface area contributed by atoms with Gasteiger partial charge in [-0.3, -0.25) is 14.4 Å². The molecule has 9 aromatic rings. The molecule has 3 amide bonds. The Morgan fingerprint density at radius 2 is 0.430 bits per heavy atom. The predicted octanol–water partition coefficient (Wildman–Crippen LogP) is 10.0. The molecule has 0 atom stereocenters. The summed E-state index contributed by atoms with van der Waals surface area (Å²) in [6.07, 6.45) is -14.6. The molecule has 8 aliphatic rings. The number of aromatic nitrogens is 1. The van der Waals surface area contributed by atoms with Crippen LogP contribution in [0.25, 0.3) is 0 Å². The van der Waals surface area contributed by atoms with Crippen LogP contribution in [0.5, 0.6) is 11.8 Å². The summed E-state index contributed by atoms with van der Waals surface area (Å²) in [7, 11) is 0. The van der Waals surface area contributed by atoms with Crippen LogP contribution in [0.15, 0.2) is 255 Å². The number of hydrogen-bond donors (Lipinski definition) is 4. The number of hydrogen-bond acceptors (Lipinski definition) is 35. The number of aromatic hydroxyl groups is 2. The highest BCUT2D eigenvalue weighted by atomic mass is 16.8. The van der Waals surface area contributed by atoms with Crippen molar-refractivity contribution in [2.75, 3.05) is 198 Å². The van der Waals surface area contributed by atoms with Crippen molar-refractivity contribution in [3.63, 3.8) is 0 Å². The molecule has 9 heterocycles. The van der Waals surface area contributed by atoms with Gasteiger partial charge in [-0.05, 0) is 0 Å². The second-order valence-electron chi connectivity index (χ2n) is 36.8. The van der Waals surface area contributed by atoms with Crippen molar-refractivity contribution in [2.45, 2.75) is 148 Å². The van der Waals surface area contributed by atoms with Crippen LogP contribution in [0, 0.1) is 0 Å². The van der Waals surface area contributed by atoms with Gasteiger partial charge in [-0.2, -0.15) is 0 Å². The fraction of sp³-hybridized carbons (Fsp3) is 0.491. The number of benzene rings is 8. The molecule has 0 spiro atoms. The minimum absolute atomic E-state index is 0.0938. The van der Waals surface area contributed by atoms with E-state index in [1.807, 2.05) is 243 Å². The lowest BCUT2D eigenvalue weighted by atomic mass is 10.2. The van der Waals surface area contributed by atoms with Gasteiger partial charge in [0.15, 0.2) is 50.3 Å². The molecular formula is C110H132N4O35. The number of rotatable bonds is 54. The number of nitrogens with one attached hydrogen (secondary N) is 2. The van der Waals surface area contributed by atoms with Crippen molar-refractivity contribution in [3.8, 4) is 11.8 Å². The standard InChI is InChI=1S/C110H132N4O35/c115-97(111-83(47-121-85(51-125-89-59-133-103(134-60-89)75-25-9-1-10-26-75)52-126-90-61-135-104(136-62-90)76-27-11-2-12-28-76)48-122-86(53-127-91-63-137-105(138-64-91)77-29-13-3-14-30-77)54-128-92-65-139-106(140-66-92)78-31-15-4-16-32-78)45-113(99(117)43-44-102(120)149-114-100(118)41-42-101(114)119)46-98(116)112-84(49-123-87(55-129-93-67-141-107(142-68-93)79-33-17-5-18-34-79)56-130-94-69-143-108(144-70-94)80-35-19-6-20-36-80)50-124-88(57-131-95-71-145-109(146-72-95)81-37-21-7-22-38-81)58-132-96-73-147-110(148-74-96)82-39-23-8-24-40-82/h1-42,83-96,103-110,118-119H,43-74H2,(H,111,115)(H,112,116). The van der Waals surface area contributed by atoms with Crippen molar-refractivity contribution in [3.05, 3.63) is 299 Å². The maximum absolute atomic E-state index is 15.7. The summed E-state index contributed by atoms with van der Waals surface area (Å²) in [6.45, 7) is -1.23. The number of ether oxygens (including phenoxy) is 28. The Bertz CT molecular complexity index is 4470. The van der Waals surface area contributed by atoms with E-state index in [2.05, 4.69) is 10.6 Å². The lowest BCUT2D eigenvalue weighted by Gasteiger charge is -2.33. The van der Waals surface area contributed by atoms with Crippen molar-refractivity contribution in [2.24, 2.45) is 0 Å². The third-order valence-electron chi connectivity index (χ3n) is 25.1. The number of nitrogens with zero attached hydrogens (tertiary/aromatic N) is 2. The van der Waals surface area contributed by atoms with E-state index in [4.69, 9.17) is 137 Å². The average molecular weight is 2070 g/mol. The van der Waals surface area contributed by atoms with E-state index >= 15 is 14.4 Å². The predicted molar refractivity (Wildman–Crippen MR) is 525 cm³/mol. The van der Waals surface area contributed by atoms with Crippen molar-refractivity contribution < 1.29 is 167 Å². The zero-order chi connectivity index (χ0) is 102. The molecule has 0 bridgehead atoms. The molecule has 4 N–H and O–H groups in total.